The standard InChI is InChI=1S/C21H31N5.ClH/c1-16(2)18-5-3-17(4-6-18)7-11-25-12-8-19(9-13-25)21-24-23-20-15-22-10-14-26(20)21;/h3-6,16,19,22H,7-15H2,1-2H3;1H. The van der Waals surface area contributed by atoms with Crippen molar-refractivity contribution < 1.29 is 0 Å². The van der Waals surface area contributed by atoms with Crippen molar-refractivity contribution in [2.24, 2.45) is 0 Å². The molecular formula is C21H32ClN5. The number of hydrogen-bond donors (Lipinski definition) is 1. The Morgan fingerprint density at radius 1 is 1.07 bits per heavy atom. The molecule has 4 rings (SSSR count). The summed E-state index contributed by atoms with van der Waals surface area (Å²) in [4.78, 5) is 2.61. The van der Waals surface area contributed by atoms with Crippen LogP contribution in [0.15, 0.2) is 24.3 Å². The number of aromatic nitrogens is 3. The highest BCUT2D eigenvalue weighted by Crippen LogP contribution is 2.28. The molecule has 0 radical (unpaired) electrons. The molecule has 3 heterocycles. The second-order valence-corrected chi connectivity index (χ2v) is 8.07. The van der Waals surface area contributed by atoms with Crippen LogP contribution in [0.1, 0.15) is 61.3 Å². The fourth-order valence-corrected chi connectivity index (χ4v) is 4.19. The van der Waals surface area contributed by atoms with E-state index in [1.807, 2.05) is 0 Å². The first-order chi connectivity index (χ1) is 12.7. The summed E-state index contributed by atoms with van der Waals surface area (Å²) in [5, 5.41) is 12.3. The Balaban J connectivity index is 0.00000210. The number of benzene rings is 1. The minimum Gasteiger partial charge on any atom is -0.312 e. The van der Waals surface area contributed by atoms with Gasteiger partial charge in [0.25, 0.3) is 0 Å². The molecule has 2 aliphatic rings. The van der Waals surface area contributed by atoms with Gasteiger partial charge in [-0.25, -0.2) is 0 Å². The third kappa shape index (κ3) is 4.71. The van der Waals surface area contributed by atoms with Gasteiger partial charge in [-0.1, -0.05) is 38.1 Å². The van der Waals surface area contributed by atoms with E-state index in [-0.39, 0.29) is 12.4 Å². The summed E-state index contributed by atoms with van der Waals surface area (Å²) in [5.41, 5.74) is 2.89. The van der Waals surface area contributed by atoms with E-state index in [2.05, 4.69) is 63.1 Å². The minimum absolute atomic E-state index is 0. The third-order valence-electron chi connectivity index (χ3n) is 5.97. The smallest absolute Gasteiger partial charge is 0.147 e. The van der Waals surface area contributed by atoms with Crippen molar-refractivity contribution in [1.29, 1.82) is 0 Å². The molecular weight excluding hydrogens is 358 g/mol. The zero-order valence-corrected chi connectivity index (χ0v) is 17.3. The van der Waals surface area contributed by atoms with E-state index in [0.29, 0.717) is 11.8 Å². The van der Waals surface area contributed by atoms with Gasteiger partial charge in [-0.15, -0.1) is 22.6 Å². The topological polar surface area (TPSA) is 46.0 Å². The molecule has 1 aromatic heterocycles. The maximum Gasteiger partial charge on any atom is 0.147 e. The minimum atomic E-state index is 0. The van der Waals surface area contributed by atoms with Crippen LogP contribution in [0.25, 0.3) is 0 Å². The maximum absolute atomic E-state index is 4.52. The first kappa shape index (κ1) is 20.3. The molecule has 0 unspecified atom stereocenters. The van der Waals surface area contributed by atoms with E-state index >= 15 is 0 Å². The molecule has 1 saturated heterocycles. The van der Waals surface area contributed by atoms with Crippen LogP contribution in [-0.4, -0.2) is 45.8 Å². The van der Waals surface area contributed by atoms with Gasteiger partial charge in [0, 0.05) is 25.6 Å². The van der Waals surface area contributed by atoms with E-state index in [0.717, 1.165) is 38.4 Å². The van der Waals surface area contributed by atoms with Crippen molar-refractivity contribution in [3.8, 4) is 0 Å². The summed E-state index contributed by atoms with van der Waals surface area (Å²) >= 11 is 0. The lowest BCUT2D eigenvalue weighted by atomic mass is 9.95. The molecule has 1 N–H and O–H groups in total. The van der Waals surface area contributed by atoms with Crippen molar-refractivity contribution in [3.05, 3.63) is 47.0 Å². The molecule has 0 spiro atoms. The molecule has 1 aromatic carbocycles. The molecule has 148 valence electrons. The predicted octanol–water partition coefficient (Wildman–Crippen LogP) is 3.35. The summed E-state index contributed by atoms with van der Waals surface area (Å²) < 4.78 is 2.35. The van der Waals surface area contributed by atoms with Crippen LogP contribution in [0.3, 0.4) is 0 Å². The van der Waals surface area contributed by atoms with E-state index < -0.39 is 0 Å². The van der Waals surface area contributed by atoms with Crippen LogP contribution in [0.5, 0.6) is 0 Å². The number of fused-ring (bicyclic) bond motifs is 1. The van der Waals surface area contributed by atoms with E-state index in [4.69, 9.17) is 0 Å². The van der Waals surface area contributed by atoms with Gasteiger partial charge in [0.2, 0.25) is 0 Å². The van der Waals surface area contributed by atoms with Crippen LogP contribution < -0.4 is 5.32 Å². The van der Waals surface area contributed by atoms with E-state index in [1.54, 1.807) is 0 Å². The number of rotatable bonds is 5. The lowest BCUT2D eigenvalue weighted by molar-refractivity contribution is 0.209. The third-order valence-corrected chi connectivity index (χ3v) is 5.97. The normalized spacial score (nSPS) is 18.3. The highest BCUT2D eigenvalue weighted by atomic mass is 35.5. The van der Waals surface area contributed by atoms with Crippen molar-refractivity contribution in [1.82, 2.24) is 25.0 Å². The average Bonchev–Trinajstić information content (AvgIpc) is 3.11. The number of nitrogens with zero attached hydrogens (tertiary/aromatic N) is 4. The van der Waals surface area contributed by atoms with Crippen LogP contribution in [0, 0.1) is 0 Å². The summed E-state index contributed by atoms with van der Waals surface area (Å²) in [5.74, 6) is 3.53. The van der Waals surface area contributed by atoms with Gasteiger partial charge in [-0.2, -0.15) is 0 Å². The Bertz CT molecular complexity index is 717. The lowest BCUT2D eigenvalue weighted by Crippen LogP contribution is -2.36. The lowest BCUT2D eigenvalue weighted by Gasteiger charge is -2.32. The van der Waals surface area contributed by atoms with Gasteiger partial charge in [-0.05, 0) is 49.4 Å². The average molecular weight is 390 g/mol. The van der Waals surface area contributed by atoms with Crippen LogP contribution in [-0.2, 0) is 19.5 Å². The Morgan fingerprint density at radius 2 is 1.81 bits per heavy atom. The second kappa shape index (κ2) is 9.18. The molecule has 2 aromatic rings. The fraction of sp³-hybridized carbons (Fsp3) is 0.619. The zero-order valence-electron chi connectivity index (χ0n) is 16.5. The summed E-state index contributed by atoms with van der Waals surface area (Å²) in [6.07, 6.45) is 3.56. The largest absolute Gasteiger partial charge is 0.312 e. The molecule has 6 heteroatoms. The zero-order chi connectivity index (χ0) is 17.9. The highest BCUT2D eigenvalue weighted by molar-refractivity contribution is 5.85. The molecule has 2 aliphatic heterocycles. The second-order valence-electron chi connectivity index (χ2n) is 8.07. The van der Waals surface area contributed by atoms with Crippen molar-refractivity contribution in [2.75, 3.05) is 26.2 Å². The SMILES string of the molecule is CC(C)c1ccc(CCN2CCC(c3nnc4n3CCNC4)CC2)cc1.Cl. The number of piperidine rings is 1. The highest BCUT2D eigenvalue weighted by Gasteiger charge is 2.26. The van der Waals surface area contributed by atoms with Crippen LogP contribution in [0.4, 0.5) is 0 Å². The van der Waals surface area contributed by atoms with Crippen LogP contribution >= 0.6 is 12.4 Å². The van der Waals surface area contributed by atoms with Crippen molar-refractivity contribution in [3.63, 3.8) is 0 Å². The van der Waals surface area contributed by atoms with E-state index in [1.165, 1.54) is 42.9 Å². The van der Waals surface area contributed by atoms with Gasteiger partial charge in [0.05, 0.1) is 6.54 Å². The number of nitrogens with one attached hydrogen (secondary N) is 1. The number of likely N-dealkylation sites (tertiary alicyclic amines) is 1. The quantitative estimate of drug-likeness (QED) is 0.851. The Labute approximate surface area is 169 Å². The van der Waals surface area contributed by atoms with E-state index in [9.17, 15) is 0 Å². The van der Waals surface area contributed by atoms with Crippen molar-refractivity contribution >= 4 is 12.4 Å². The summed E-state index contributed by atoms with van der Waals surface area (Å²) in [6, 6.07) is 9.18. The molecule has 0 atom stereocenters. The molecule has 1 fully saturated rings. The number of hydrogen-bond acceptors (Lipinski definition) is 4. The van der Waals surface area contributed by atoms with Gasteiger partial charge >= 0.3 is 0 Å². The molecule has 0 aliphatic carbocycles. The predicted molar refractivity (Wildman–Crippen MR) is 112 cm³/mol. The molecule has 0 bridgehead atoms. The molecule has 5 nitrogen and oxygen atoms in total. The van der Waals surface area contributed by atoms with Gasteiger partial charge in [-0.3, -0.25) is 0 Å². The summed E-state index contributed by atoms with van der Waals surface area (Å²) in [6.45, 7) is 10.9. The molecule has 0 amide bonds. The van der Waals surface area contributed by atoms with Crippen molar-refractivity contribution in [2.45, 2.75) is 58.0 Å². The summed E-state index contributed by atoms with van der Waals surface area (Å²) in [7, 11) is 0. The van der Waals surface area contributed by atoms with Crippen LogP contribution in [0.2, 0.25) is 0 Å². The maximum atomic E-state index is 4.52. The Morgan fingerprint density at radius 3 is 2.52 bits per heavy atom. The first-order valence-corrected chi connectivity index (χ1v) is 10.1. The Kier molecular flexibility index (Phi) is 6.90. The molecule has 27 heavy (non-hydrogen) atoms. The monoisotopic (exact) mass is 389 g/mol. The number of halogens is 1. The fourth-order valence-electron chi connectivity index (χ4n) is 4.19. The Hall–Kier alpha value is -1.43. The van der Waals surface area contributed by atoms with Gasteiger partial charge in [0.1, 0.15) is 11.6 Å². The van der Waals surface area contributed by atoms with Gasteiger partial charge in [0.15, 0.2) is 0 Å². The molecule has 0 saturated carbocycles. The first-order valence-electron chi connectivity index (χ1n) is 10.1. The van der Waals surface area contributed by atoms with Gasteiger partial charge < -0.3 is 14.8 Å².